The minimum Gasteiger partial charge on any atom is -0.356 e. The normalized spacial score (nSPS) is 10.5. The average Bonchev–Trinajstić information content (AvgIpc) is 2.39. The van der Waals surface area contributed by atoms with E-state index in [1.54, 1.807) is 6.92 Å². The number of carbonyl (C=O) groups is 3. The van der Waals surface area contributed by atoms with Gasteiger partial charge in [0.15, 0.2) is 0 Å². The summed E-state index contributed by atoms with van der Waals surface area (Å²) >= 11 is 0. The third kappa shape index (κ3) is 14.8. The molecule has 0 bridgehead atoms. The lowest BCUT2D eigenvalue weighted by Crippen LogP contribution is -2.30. The van der Waals surface area contributed by atoms with Crippen LogP contribution in [0.2, 0.25) is 0 Å². The number of hydrogen-bond acceptors (Lipinski definition) is 4. The Morgan fingerprint density at radius 1 is 0.857 bits per heavy atom. The Morgan fingerprint density at radius 2 is 1.43 bits per heavy atom. The molecular weight excluding hydrogens is 270 g/mol. The van der Waals surface area contributed by atoms with Gasteiger partial charge in [0.2, 0.25) is 11.8 Å². The Balaban J connectivity index is 3.42. The predicted molar refractivity (Wildman–Crippen MR) is 83.0 cm³/mol. The van der Waals surface area contributed by atoms with Crippen molar-refractivity contribution in [3.63, 3.8) is 0 Å². The quantitative estimate of drug-likeness (QED) is 0.520. The monoisotopic (exact) mass is 299 g/mol. The topological polar surface area (TPSA) is 78.5 Å². The van der Waals surface area contributed by atoms with Crippen molar-refractivity contribution in [3.05, 3.63) is 0 Å². The molecule has 0 unspecified atom stereocenters. The molecule has 0 aliphatic heterocycles. The first-order chi connectivity index (χ1) is 9.91. The number of rotatable bonds is 12. The van der Waals surface area contributed by atoms with Crippen molar-refractivity contribution >= 4 is 17.6 Å². The molecule has 0 radical (unpaired) electrons. The van der Waals surface area contributed by atoms with E-state index in [0.29, 0.717) is 32.4 Å². The van der Waals surface area contributed by atoms with Gasteiger partial charge in [0.25, 0.3) is 0 Å². The molecular formula is C15H29N3O3. The first-order valence-corrected chi connectivity index (χ1v) is 7.61. The second kappa shape index (κ2) is 12.3. The van der Waals surface area contributed by atoms with Gasteiger partial charge in [-0.05, 0) is 46.3 Å². The molecule has 2 amide bonds. The standard InChI is InChI=1S/C15H29N3O3/c1-13(19)7-4-8-15(21)17-10-6-12-18(3)11-5-9-16-14(2)20/h4-12H2,1-3H3,(H,16,20)(H,17,21). The van der Waals surface area contributed by atoms with Crippen LogP contribution in [0.4, 0.5) is 0 Å². The van der Waals surface area contributed by atoms with E-state index in [-0.39, 0.29) is 17.6 Å². The van der Waals surface area contributed by atoms with Crippen LogP contribution in [0.5, 0.6) is 0 Å². The van der Waals surface area contributed by atoms with E-state index in [9.17, 15) is 14.4 Å². The van der Waals surface area contributed by atoms with Crippen LogP contribution in [0.1, 0.15) is 46.0 Å². The first kappa shape index (κ1) is 19.6. The van der Waals surface area contributed by atoms with Crippen molar-refractivity contribution in [1.29, 1.82) is 0 Å². The van der Waals surface area contributed by atoms with Crippen LogP contribution in [0.3, 0.4) is 0 Å². The number of carbonyl (C=O) groups excluding carboxylic acids is 3. The Bertz CT molecular complexity index is 332. The van der Waals surface area contributed by atoms with E-state index in [4.69, 9.17) is 0 Å². The van der Waals surface area contributed by atoms with Gasteiger partial charge in [-0.25, -0.2) is 0 Å². The van der Waals surface area contributed by atoms with Crippen LogP contribution in [0.25, 0.3) is 0 Å². The number of ketones is 1. The summed E-state index contributed by atoms with van der Waals surface area (Å²) in [5, 5.41) is 5.62. The molecule has 21 heavy (non-hydrogen) atoms. The fraction of sp³-hybridized carbons (Fsp3) is 0.800. The van der Waals surface area contributed by atoms with E-state index in [1.165, 1.54) is 6.92 Å². The predicted octanol–water partition coefficient (Wildman–Crippen LogP) is 0.710. The Hall–Kier alpha value is -1.43. The number of nitrogens with zero attached hydrogens (tertiary/aromatic N) is 1. The van der Waals surface area contributed by atoms with E-state index < -0.39 is 0 Å². The van der Waals surface area contributed by atoms with Crippen LogP contribution in [-0.2, 0) is 14.4 Å². The van der Waals surface area contributed by atoms with E-state index in [2.05, 4.69) is 15.5 Å². The molecule has 6 heteroatoms. The molecule has 0 heterocycles. The number of Topliss-reactive ketones (excluding diaryl/α,β-unsaturated/α-hetero) is 1. The summed E-state index contributed by atoms with van der Waals surface area (Å²) in [5.74, 6) is 0.151. The second-order valence-electron chi connectivity index (χ2n) is 5.40. The summed E-state index contributed by atoms with van der Waals surface area (Å²) in [6.07, 6.45) is 3.35. The van der Waals surface area contributed by atoms with Crippen molar-refractivity contribution in [3.8, 4) is 0 Å². The van der Waals surface area contributed by atoms with Crippen molar-refractivity contribution in [2.24, 2.45) is 0 Å². The second-order valence-corrected chi connectivity index (χ2v) is 5.40. The zero-order chi connectivity index (χ0) is 16.1. The SMILES string of the molecule is CC(=O)CCCC(=O)NCCCN(C)CCCNC(C)=O. The van der Waals surface area contributed by atoms with Crippen LogP contribution >= 0.6 is 0 Å². The largest absolute Gasteiger partial charge is 0.356 e. The van der Waals surface area contributed by atoms with Gasteiger partial charge in [-0.3, -0.25) is 9.59 Å². The smallest absolute Gasteiger partial charge is 0.220 e. The van der Waals surface area contributed by atoms with Gasteiger partial charge in [-0.2, -0.15) is 0 Å². The van der Waals surface area contributed by atoms with Gasteiger partial charge < -0.3 is 20.3 Å². The zero-order valence-corrected chi connectivity index (χ0v) is 13.5. The van der Waals surface area contributed by atoms with E-state index in [1.807, 2.05) is 7.05 Å². The van der Waals surface area contributed by atoms with Crippen LogP contribution in [0.15, 0.2) is 0 Å². The fourth-order valence-corrected chi connectivity index (χ4v) is 1.89. The number of amides is 2. The molecule has 0 aromatic heterocycles. The van der Waals surface area contributed by atoms with Gasteiger partial charge in [-0.1, -0.05) is 0 Å². The fourth-order valence-electron chi connectivity index (χ4n) is 1.89. The molecule has 0 saturated heterocycles. The molecule has 0 aromatic carbocycles. The van der Waals surface area contributed by atoms with Crippen molar-refractivity contribution in [2.75, 3.05) is 33.2 Å². The van der Waals surface area contributed by atoms with Crippen LogP contribution in [0, 0.1) is 0 Å². The molecule has 0 aliphatic rings. The highest BCUT2D eigenvalue weighted by Crippen LogP contribution is 1.96. The van der Waals surface area contributed by atoms with Crippen molar-refractivity contribution in [2.45, 2.75) is 46.0 Å². The lowest BCUT2D eigenvalue weighted by Gasteiger charge is -2.16. The summed E-state index contributed by atoms with van der Waals surface area (Å²) in [6, 6.07) is 0. The van der Waals surface area contributed by atoms with Crippen LogP contribution < -0.4 is 10.6 Å². The third-order valence-corrected chi connectivity index (χ3v) is 3.06. The number of nitrogens with one attached hydrogen (secondary N) is 2. The third-order valence-electron chi connectivity index (χ3n) is 3.06. The molecule has 0 aromatic rings. The first-order valence-electron chi connectivity index (χ1n) is 7.61. The maximum Gasteiger partial charge on any atom is 0.220 e. The lowest BCUT2D eigenvalue weighted by atomic mass is 10.2. The van der Waals surface area contributed by atoms with E-state index in [0.717, 1.165) is 25.9 Å². The Morgan fingerprint density at radius 3 is 1.95 bits per heavy atom. The highest BCUT2D eigenvalue weighted by molar-refractivity contribution is 5.78. The van der Waals surface area contributed by atoms with E-state index >= 15 is 0 Å². The van der Waals surface area contributed by atoms with Gasteiger partial charge in [0, 0.05) is 32.9 Å². The van der Waals surface area contributed by atoms with Crippen molar-refractivity contribution < 1.29 is 14.4 Å². The Kier molecular flexibility index (Phi) is 11.5. The molecule has 0 rings (SSSR count). The zero-order valence-electron chi connectivity index (χ0n) is 13.5. The summed E-state index contributed by atoms with van der Waals surface area (Å²) in [4.78, 5) is 35.1. The van der Waals surface area contributed by atoms with Gasteiger partial charge >= 0.3 is 0 Å². The highest BCUT2D eigenvalue weighted by Gasteiger charge is 2.03. The van der Waals surface area contributed by atoms with Crippen LogP contribution in [-0.4, -0.2) is 55.7 Å². The van der Waals surface area contributed by atoms with Crippen molar-refractivity contribution in [1.82, 2.24) is 15.5 Å². The minimum absolute atomic E-state index is 0.00476. The summed E-state index contributed by atoms with van der Waals surface area (Å²) < 4.78 is 0. The summed E-state index contributed by atoms with van der Waals surface area (Å²) in [6.45, 7) is 6.25. The number of hydrogen-bond donors (Lipinski definition) is 2. The molecule has 122 valence electrons. The lowest BCUT2D eigenvalue weighted by molar-refractivity contribution is -0.121. The summed E-state index contributed by atoms with van der Waals surface area (Å²) in [5.41, 5.74) is 0. The molecule has 0 atom stereocenters. The molecule has 0 aliphatic carbocycles. The maximum atomic E-state index is 11.5. The molecule has 2 N–H and O–H groups in total. The van der Waals surface area contributed by atoms with Gasteiger partial charge in [0.1, 0.15) is 5.78 Å². The molecule has 6 nitrogen and oxygen atoms in total. The molecule has 0 spiro atoms. The Labute approximate surface area is 127 Å². The summed E-state index contributed by atoms with van der Waals surface area (Å²) in [7, 11) is 2.03. The van der Waals surface area contributed by atoms with Gasteiger partial charge in [0.05, 0.1) is 0 Å². The molecule has 0 saturated carbocycles. The van der Waals surface area contributed by atoms with Gasteiger partial charge in [-0.15, -0.1) is 0 Å². The molecule has 0 fully saturated rings. The average molecular weight is 299 g/mol. The highest BCUT2D eigenvalue weighted by atomic mass is 16.2. The minimum atomic E-state index is 0.00476. The maximum absolute atomic E-state index is 11.5.